The molecule has 0 amide bonds. The quantitative estimate of drug-likeness (QED) is 0.562. The normalized spacial score (nSPS) is 12.3. The maximum Gasteiger partial charge on any atom is -0.0132 e. The van der Waals surface area contributed by atoms with Gasteiger partial charge in [-0.05, 0) is 52.0 Å². The Labute approximate surface area is 143 Å². The largest absolute Gasteiger partial charge is 0.0587 e. The van der Waals surface area contributed by atoms with Crippen molar-refractivity contribution in [3.8, 4) is 11.1 Å². The summed E-state index contributed by atoms with van der Waals surface area (Å²) >= 11 is 0. The second-order valence-corrected chi connectivity index (χ2v) is 8.45. The van der Waals surface area contributed by atoms with Gasteiger partial charge in [0.15, 0.2) is 0 Å². The first-order valence-electron chi connectivity index (χ1n) is 8.86. The van der Waals surface area contributed by atoms with Crippen LogP contribution in [0.5, 0.6) is 0 Å². The first-order valence-corrected chi connectivity index (χ1v) is 8.86. The third-order valence-electron chi connectivity index (χ3n) is 4.62. The van der Waals surface area contributed by atoms with Gasteiger partial charge in [0.1, 0.15) is 0 Å². The number of rotatable bonds is 3. The SMILES string of the molecule is Cc1cc(-c2ccc(C(C)(C)C)cc2)c(C(C)C)c(C(C)C)c1. The minimum atomic E-state index is 0.203. The van der Waals surface area contributed by atoms with Crippen molar-refractivity contribution in [3.63, 3.8) is 0 Å². The van der Waals surface area contributed by atoms with Crippen molar-refractivity contribution in [3.05, 3.63) is 58.7 Å². The predicted molar refractivity (Wildman–Crippen MR) is 103 cm³/mol. The smallest absolute Gasteiger partial charge is 0.0132 e. The number of hydrogen-bond acceptors (Lipinski definition) is 0. The molecule has 0 heteroatoms. The summed E-state index contributed by atoms with van der Waals surface area (Å²) in [5.74, 6) is 1.09. The molecule has 0 atom stereocenters. The Morgan fingerprint density at radius 2 is 1.35 bits per heavy atom. The van der Waals surface area contributed by atoms with Crippen LogP contribution < -0.4 is 0 Å². The van der Waals surface area contributed by atoms with Gasteiger partial charge < -0.3 is 0 Å². The van der Waals surface area contributed by atoms with Crippen LogP contribution in [-0.4, -0.2) is 0 Å². The van der Waals surface area contributed by atoms with E-state index >= 15 is 0 Å². The maximum atomic E-state index is 2.37. The first-order chi connectivity index (χ1) is 10.6. The topological polar surface area (TPSA) is 0 Å². The molecule has 2 aromatic rings. The van der Waals surface area contributed by atoms with Crippen LogP contribution in [0.4, 0.5) is 0 Å². The molecule has 0 aliphatic rings. The van der Waals surface area contributed by atoms with Crippen molar-refractivity contribution >= 4 is 0 Å². The second kappa shape index (κ2) is 6.51. The average molecular weight is 309 g/mol. The highest BCUT2D eigenvalue weighted by atomic mass is 14.2. The summed E-state index contributed by atoms with van der Waals surface area (Å²) < 4.78 is 0. The van der Waals surface area contributed by atoms with Crippen molar-refractivity contribution in [2.24, 2.45) is 0 Å². The summed E-state index contributed by atoms with van der Waals surface area (Å²) in [7, 11) is 0. The van der Waals surface area contributed by atoms with Crippen LogP contribution in [0.1, 0.15) is 82.6 Å². The van der Waals surface area contributed by atoms with E-state index in [4.69, 9.17) is 0 Å². The van der Waals surface area contributed by atoms with Gasteiger partial charge in [0.2, 0.25) is 0 Å². The van der Waals surface area contributed by atoms with Gasteiger partial charge in [-0.3, -0.25) is 0 Å². The average Bonchev–Trinajstić information content (AvgIpc) is 2.45. The molecule has 0 aliphatic heterocycles. The van der Waals surface area contributed by atoms with Crippen LogP contribution >= 0.6 is 0 Å². The monoisotopic (exact) mass is 308 g/mol. The zero-order chi connectivity index (χ0) is 17.4. The fraction of sp³-hybridized carbons (Fsp3) is 0.478. The summed E-state index contributed by atoms with van der Waals surface area (Å²) in [6, 6.07) is 13.9. The Bertz CT molecular complexity index is 664. The fourth-order valence-electron chi connectivity index (χ4n) is 3.34. The predicted octanol–water partition coefficient (Wildman–Crippen LogP) is 7.21. The molecular formula is C23H32. The van der Waals surface area contributed by atoms with Gasteiger partial charge in [-0.1, -0.05) is 90.4 Å². The standard InChI is InChI=1S/C23H32/c1-15(2)20-13-17(5)14-21(22(20)16(3)4)18-9-11-19(12-10-18)23(6,7)8/h9-16H,1-8H3. The third kappa shape index (κ3) is 3.86. The molecule has 0 bridgehead atoms. The Hall–Kier alpha value is -1.56. The first kappa shape index (κ1) is 17.8. The van der Waals surface area contributed by atoms with Gasteiger partial charge in [-0.15, -0.1) is 0 Å². The summed E-state index contributed by atoms with van der Waals surface area (Å²) in [4.78, 5) is 0. The Balaban J connectivity index is 2.63. The van der Waals surface area contributed by atoms with Crippen molar-refractivity contribution in [1.82, 2.24) is 0 Å². The Morgan fingerprint density at radius 3 is 1.78 bits per heavy atom. The van der Waals surface area contributed by atoms with E-state index in [0.29, 0.717) is 11.8 Å². The van der Waals surface area contributed by atoms with Gasteiger partial charge in [0.25, 0.3) is 0 Å². The molecule has 0 fully saturated rings. The molecule has 2 rings (SSSR count). The van der Waals surface area contributed by atoms with Crippen LogP contribution in [0.25, 0.3) is 11.1 Å². The minimum absolute atomic E-state index is 0.203. The van der Waals surface area contributed by atoms with Gasteiger partial charge in [0.05, 0.1) is 0 Å². The molecule has 0 saturated heterocycles. The fourth-order valence-corrected chi connectivity index (χ4v) is 3.34. The van der Waals surface area contributed by atoms with E-state index in [1.807, 2.05) is 0 Å². The second-order valence-electron chi connectivity index (χ2n) is 8.45. The maximum absolute atomic E-state index is 2.37. The molecule has 0 aliphatic carbocycles. The van der Waals surface area contributed by atoms with E-state index in [1.165, 1.54) is 33.4 Å². The molecular weight excluding hydrogens is 276 g/mol. The van der Waals surface area contributed by atoms with Crippen molar-refractivity contribution in [2.75, 3.05) is 0 Å². The Kier molecular flexibility index (Phi) is 5.04. The van der Waals surface area contributed by atoms with Crippen LogP contribution in [0.15, 0.2) is 36.4 Å². The van der Waals surface area contributed by atoms with Gasteiger partial charge in [-0.2, -0.15) is 0 Å². The van der Waals surface area contributed by atoms with Gasteiger partial charge in [-0.25, -0.2) is 0 Å². The lowest BCUT2D eigenvalue weighted by Crippen LogP contribution is -2.10. The molecule has 0 N–H and O–H groups in total. The van der Waals surface area contributed by atoms with Crippen molar-refractivity contribution in [1.29, 1.82) is 0 Å². The zero-order valence-electron chi connectivity index (χ0n) is 16.1. The lowest BCUT2D eigenvalue weighted by molar-refractivity contribution is 0.590. The van der Waals surface area contributed by atoms with E-state index in [9.17, 15) is 0 Å². The molecule has 2 aromatic carbocycles. The van der Waals surface area contributed by atoms with E-state index in [1.54, 1.807) is 0 Å². The Morgan fingerprint density at radius 1 is 0.783 bits per heavy atom. The summed E-state index contributed by atoms with van der Waals surface area (Å²) in [6.07, 6.45) is 0. The highest BCUT2D eigenvalue weighted by molar-refractivity contribution is 5.71. The number of benzene rings is 2. The van der Waals surface area contributed by atoms with Crippen molar-refractivity contribution in [2.45, 2.75) is 72.6 Å². The lowest BCUT2D eigenvalue weighted by Gasteiger charge is -2.23. The van der Waals surface area contributed by atoms with Crippen LogP contribution in [0.3, 0.4) is 0 Å². The molecule has 0 spiro atoms. The molecule has 124 valence electrons. The molecule has 0 heterocycles. The molecule has 0 saturated carbocycles. The zero-order valence-corrected chi connectivity index (χ0v) is 16.1. The third-order valence-corrected chi connectivity index (χ3v) is 4.62. The lowest BCUT2D eigenvalue weighted by atomic mass is 9.82. The van der Waals surface area contributed by atoms with E-state index in [2.05, 4.69) is 91.8 Å². The highest BCUT2D eigenvalue weighted by Crippen LogP contribution is 2.37. The molecule has 0 nitrogen and oxygen atoms in total. The molecule has 0 unspecified atom stereocenters. The summed E-state index contributed by atoms with van der Waals surface area (Å²) in [6.45, 7) is 18.2. The number of hydrogen-bond donors (Lipinski definition) is 0. The number of aryl methyl sites for hydroxylation is 1. The summed E-state index contributed by atoms with van der Waals surface area (Å²) in [5.41, 5.74) is 8.70. The van der Waals surface area contributed by atoms with Crippen LogP contribution in [0.2, 0.25) is 0 Å². The molecule has 23 heavy (non-hydrogen) atoms. The van der Waals surface area contributed by atoms with Crippen molar-refractivity contribution < 1.29 is 0 Å². The van der Waals surface area contributed by atoms with Gasteiger partial charge >= 0.3 is 0 Å². The van der Waals surface area contributed by atoms with Crippen LogP contribution in [-0.2, 0) is 5.41 Å². The van der Waals surface area contributed by atoms with E-state index in [-0.39, 0.29) is 5.41 Å². The summed E-state index contributed by atoms with van der Waals surface area (Å²) in [5, 5.41) is 0. The van der Waals surface area contributed by atoms with E-state index < -0.39 is 0 Å². The molecule has 0 radical (unpaired) electrons. The highest BCUT2D eigenvalue weighted by Gasteiger charge is 2.18. The van der Waals surface area contributed by atoms with E-state index in [0.717, 1.165) is 0 Å². The molecule has 0 aromatic heterocycles. The van der Waals surface area contributed by atoms with Gasteiger partial charge in [0, 0.05) is 0 Å². The minimum Gasteiger partial charge on any atom is -0.0587 e. The van der Waals surface area contributed by atoms with Crippen LogP contribution in [0, 0.1) is 6.92 Å².